The highest BCUT2D eigenvalue weighted by Crippen LogP contribution is 2.32. The molecule has 0 atom stereocenters. The van der Waals surface area contributed by atoms with Gasteiger partial charge in [-0.25, -0.2) is 19.8 Å². The van der Waals surface area contributed by atoms with E-state index in [9.17, 15) is 9.59 Å². The van der Waals surface area contributed by atoms with Gasteiger partial charge in [-0.05, 0) is 37.5 Å². The summed E-state index contributed by atoms with van der Waals surface area (Å²) in [6.07, 6.45) is 3.07. The lowest BCUT2D eigenvalue weighted by molar-refractivity contribution is 0.0522. The topological polar surface area (TPSA) is 107 Å². The molecule has 3 rings (SSSR count). The monoisotopic (exact) mass is 411 g/mol. The van der Waals surface area contributed by atoms with Gasteiger partial charge in [-0.2, -0.15) is 5.10 Å². The predicted molar refractivity (Wildman–Crippen MR) is 112 cm³/mol. The fourth-order valence-corrected chi connectivity index (χ4v) is 3.26. The molecule has 3 aromatic rings. The first-order valence-corrected chi connectivity index (χ1v) is 9.61. The maximum absolute atomic E-state index is 12.5. The van der Waals surface area contributed by atoms with E-state index in [1.54, 1.807) is 29.8 Å². The Morgan fingerprint density at radius 1 is 1.27 bits per heavy atom. The van der Waals surface area contributed by atoms with Gasteiger partial charge in [-0.3, -0.25) is 9.63 Å². The van der Waals surface area contributed by atoms with Gasteiger partial charge in [0.15, 0.2) is 5.82 Å². The first-order chi connectivity index (χ1) is 14.4. The summed E-state index contributed by atoms with van der Waals surface area (Å²) < 4.78 is 6.83. The molecule has 0 saturated heterocycles. The maximum atomic E-state index is 12.5. The molecule has 9 heteroatoms. The smallest absolute Gasteiger partial charge is 0.340 e. The molecule has 30 heavy (non-hydrogen) atoms. The minimum atomic E-state index is -0.396. The molecule has 9 nitrogen and oxygen atoms in total. The summed E-state index contributed by atoms with van der Waals surface area (Å²) in [4.78, 5) is 33.7. The highest BCUT2D eigenvalue weighted by atomic mass is 16.6. The van der Waals surface area contributed by atoms with Crippen LogP contribution in [-0.2, 0) is 9.57 Å². The zero-order chi connectivity index (χ0) is 21.8. The zero-order valence-corrected chi connectivity index (χ0v) is 17.6. The molecule has 158 valence electrons. The van der Waals surface area contributed by atoms with E-state index in [0.29, 0.717) is 28.1 Å². The van der Waals surface area contributed by atoms with Crippen molar-refractivity contribution in [2.45, 2.75) is 33.6 Å². The molecule has 0 aliphatic heterocycles. The van der Waals surface area contributed by atoms with Gasteiger partial charge in [0.05, 0.1) is 19.3 Å². The number of hydroxylamine groups is 1. The molecule has 2 N–H and O–H groups in total. The first kappa shape index (κ1) is 21.3. The molecule has 0 saturated carbocycles. The number of carbonyl (C=O) groups is 2. The first-order valence-electron chi connectivity index (χ1n) is 9.61. The maximum Gasteiger partial charge on any atom is 0.340 e. The van der Waals surface area contributed by atoms with Crippen molar-refractivity contribution in [3.05, 3.63) is 53.0 Å². The SMILES string of the molecule is CCOC(=O)c1cn2ncnc(Nc3cc(C(=O)NOC)ccc3C)c2c1C(C)C. The quantitative estimate of drug-likeness (QED) is 0.453. The highest BCUT2D eigenvalue weighted by Gasteiger charge is 2.24. The van der Waals surface area contributed by atoms with Crippen LogP contribution in [0.3, 0.4) is 0 Å². The average Bonchev–Trinajstić information content (AvgIpc) is 3.11. The van der Waals surface area contributed by atoms with Crippen molar-refractivity contribution in [3.8, 4) is 0 Å². The molecule has 0 fully saturated rings. The molecular formula is C21H25N5O4. The van der Waals surface area contributed by atoms with Crippen LogP contribution in [0.4, 0.5) is 11.5 Å². The molecule has 1 amide bonds. The minimum Gasteiger partial charge on any atom is -0.462 e. The summed E-state index contributed by atoms with van der Waals surface area (Å²) in [5.74, 6) is -0.201. The van der Waals surface area contributed by atoms with Gasteiger partial charge in [0.25, 0.3) is 5.91 Å². The molecule has 2 heterocycles. The summed E-state index contributed by atoms with van der Waals surface area (Å²) >= 11 is 0. The minimum absolute atomic E-state index is 0.0286. The van der Waals surface area contributed by atoms with Crippen LogP contribution in [0.5, 0.6) is 0 Å². The van der Waals surface area contributed by atoms with Crippen molar-refractivity contribution in [2.24, 2.45) is 0 Å². The number of hydrogen-bond acceptors (Lipinski definition) is 7. The number of fused-ring (bicyclic) bond motifs is 1. The standard InChI is InChI=1S/C21H25N5O4/c1-6-30-21(28)15-10-26-18(17(15)12(2)3)19(22-11-23-26)24-16-9-14(8-7-13(16)4)20(27)25-29-5/h7-12H,6H2,1-5H3,(H,25,27)(H,22,23,24). The van der Waals surface area contributed by atoms with Gasteiger partial charge >= 0.3 is 5.97 Å². The molecule has 0 aliphatic rings. The predicted octanol–water partition coefficient (Wildman–Crippen LogP) is 3.37. The molecule has 0 spiro atoms. The van der Waals surface area contributed by atoms with Crippen LogP contribution < -0.4 is 10.8 Å². The highest BCUT2D eigenvalue weighted by molar-refractivity contribution is 5.97. The molecule has 0 unspecified atom stereocenters. The van der Waals surface area contributed by atoms with Gasteiger partial charge in [0.1, 0.15) is 11.8 Å². The summed E-state index contributed by atoms with van der Waals surface area (Å²) in [5.41, 5.74) is 6.29. The zero-order valence-electron chi connectivity index (χ0n) is 17.6. The van der Waals surface area contributed by atoms with E-state index in [2.05, 4.69) is 20.9 Å². The van der Waals surface area contributed by atoms with Crippen molar-refractivity contribution >= 4 is 28.9 Å². The van der Waals surface area contributed by atoms with Crippen molar-refractivity contribution < 1.29 is 19.2 Å². The van der Waals surface area contributed by atoms with E-state index < -0.39 is 5.97 Å². The van der Waals surface area contributed by atoms with E-state index in [4.69, 9.17) is 9.57 Å². The molecular weight excluding hydrogens is 386 g/mol. The third kappa shape index (κ3) is 4.11. The van der Waals surface area contributed by atoms with Crippen molar-refractivity contribution in [2.75, 3.05) is 19.0 Å². The molecule has 0 radical (unpaired) electrons. The number of ether oxygens (including phenoxy) is 1. The van der Waals surface area contributed by atoms with E-state index >= 15 is 0 Å². The van der Waals surface area contributed by atoms with E-state index in [1.165, 1.54) is 13.4 Å². The lowest BCUT2D eigenvalue weighted by Crippen LogP contribution is -2.21. The fraction of sp³-hybridized carbons (Fsp3) is 0.333. The van der Waals surface area contributed by atoms with E-state index in [0.717, 1.165) is 11.1 Å². The van der Waals surface area contributed by atoms with Gasteiger partial charge in [0.2, 0.25) is 0 Å². The number of aryl methyl sites for hydroxylation is 1. The number of esters is 1. The summed E-state index contributed by atoms with van der Waals surface area (Å²) in [7, 11) is 1.38. The Hall–Kier alpha value is -3.46. The van der Waals surface area contributed by atoms with Crippen molar-refractivity contribution in [1.82, 2.24) is 20.1 Å². The number of anilines is 2. The third-order valence-corrected chi connectivity index (χ3v) is 4.63. The second-order valence-corrected chi connectivity index (χ2v) is 7.02. The van der Waals surface area contributed by atoms with Gasteiger partial charge < -0.3 is 10.1 Å². The molecule has 1 aromatic carbocycles. The molecule has 0 aliphatic carbocycles. The fourth-order valence-electron chi connectivity index (χ4n) is 3.26. The second-order valence-electron chi connectivity index (χ2n) is 7.02. The Morgan fingerprint density at radius 2 is 2.03 bits per heavy atom. The number of aromatic nitrogens is 3. The van der Waals surface area contributed by atoms with Crippen LogP contribution >= 0.6 is 0 Å². The lowest BCUT2D eigenvalue weighted by Gasteiger charge is -2.14. The second kappa shape index (κ2) is 8.91. The molecule has 2 aromatic heterocycles. The van der Waals surface area contributed by atoms with Crippen molar-refractivity contribution in [3.63, 3.8) is 0 Å². The van der Waals surface area contributed by atoms with Crippen LogP contribution in [0, 0.1) is 6.92 Å². The number of rotatable bonds is 7. The van der Waals surface area contributed by atoms with E-state index in [1.807, 2.05) is 26.8 Å². The summed E-state index contributed by atoms with van der Waals surface area (Å²) in [6.45, 7) is 7.97. The Bertz CT molecular complexity index is 1090. The Morgan fingerprint density at radius 3 is 2.70 bits per heavy atom. The third-order valence-electron chi connectivity index (χ3n) is 4.63. The van der Waals surface area contributed by atoms with Crippen LogP contribution in [0.1, 0.15) is 58.5 Å². The molecule has 0 bridgehead atoms. The number of hydrogen-bond donors (Lipinski definition) is 2. The largest absolute Gasteiger partial charge is 0.462 e. The van der Waals surface area contributed by atoms with Gasteiger partial charge in [0, 0.05) is 23.0 Å². The normalized spacial score (nSPS) is 11.0. The summed E-state index contributed by atoms with van der Waals surface area (Å²) in [5, 5.41) is 7.55. The van der Waals surface area contributed by atoms with Crippen molar-refractivity contribution in [1.29, 1.82) is 0 Å². The Kier molecular flexibility index (Phi) is 6.31. The number of amides is 1. The number of benzene rings is 1. The average molecular weight is 411 g/mol. The number of nitrogens with one attached hydrogen (secondary N) is 2. The number of nitrogens with zero attached hydrogens (tertiary/aromatic N) is 3. The Balaban J connectivity index is 2.10. The van der Waals surface area contributed by atoms with Crippen LogP contribution in [0.25, 0.3) is 5.52 Å². The number of carbonyl (C=O) groups excluding carboxylic acids is 2. The van der Waals surface area contributed by atoms with Gasteiger partial charge in [-0.1, -0.05) is 19.9 Å². The lowest BCUT2D eigenvalue weighted by atomic mass is 10.00. The van der Waals surface area contributed by atoms with Crippen LogP contribution in [0.2, 0.25) is 0 Å². The van der Waals surface area contributed by atoms with Crippen LogP contribution in [0.15, 0.2) is 30.7 Å². The van der Waals surface area contributed by atoms with Gasteiger partial charge in [-0.15, -0.1) is 0 Å². The van der Waals surface area contributed by atoms with E-state index in [-0.39, 0.29) is 18.4 Å². The van der Waals surface area contributed by atoms with Crippen LogP contribution in [-0.4, -0.2) is 40.2 Å². The summed E-state index contributed by atoms with van der Waals surface area (Å²) in [6, 6.07) is 5.25. The Labute approximate surface area is 174 Å².